The van der Waals surface area contributed by atoms with Gasteiger partial charge in [0.1, 0.15) is 9.21 Å². The van der Waals surface area contributed by atoms with E-state index in [4.69, 9.17) is 5.21 Å². The maximum Gasteiger partial charge on any atom is 0.184 e. The van der Waals surface area contributed by atoms with Crippen LogP contribution >= 0.6 is 47.8 Å². The Morgan fingerprint density at radius 3 is 2.13 bits per heavy atom. The van der Waals surface area contributed by atoms with Crippen LogP contribution in [0.4, 0.5) is 0 Å². The molecule has 1 N–H and O–H groups in total. The number of imidazole rings is 1. The first-order valence-corrected chi connectivity index (χ1v) is 6.49. The van der Waals surface area contributed by atoms with Crippen LogP contribution in [0, 0.1) is 5.41 Å². The molecule has 0 bridgehead atoms. The molecule has 0 atom stereocenters. The molecule has 0 radical (unpaired) electrons. The minimum atomic E-state index is -0.292. The lowest BCUT2D eigenvalue weighted by Crippen LogP contribution is -2.28. The molecule has 0 aliphatic rings. The van der Waals surface area contributed by atoms with Crippen LogP contribution in [-0.4, -0.2) is 20.6 Å². The molecule has 0 fully saturated rings. The molecule has 1 rings (SSSR count). The van der Waals surface area contributed by atoms with Gasteiger partial charge >= 0.3 is 0 Å². The molecule has 0 saturated heterocycles. The Bertz CT molecular complexity index is 406. The first-order valence-electron chi connectivity index (χ1n) is 4.11. The van der Waals surface area contributed by atoms with Gasteiger partial charge in [0, 0.05) is 5.41 Å². The number of nitrogens with zero attached hydrogens (tertiary/aromatic N) is 3. The second kappa shape index (κ2) is 4.55. The first kappa shape index (κ1) is 13.2. The number of hydrogen-bond donors (Lipinski definition) is 1. The monoisotopic (exact) mass is 401 g/mol. The van der Waals surface area contributed by atoms with Gasteiger partial charge < -0.3 is 5.21 Å². The Kier molecular flexibility index (Phi) is 4.00. The minimum Gasteiger partial charge on any atom is -0.409 e. The van der Waals surface area contributed by atoms with Crippen LogP contribution in [0.25, 0.3) is 0 Å². The SMILES string of the molecule is CC(C)(C)C(=NO)n1c(Br)nc(Br)c1Br. The number of oxime groups is 1. The van der Waals surface area contributed by atoms with Gasteiger partial charge in [-0.2, -0.15) is 0 Å². The third kappa shape index (κ3) is 2.62. The zero-order valence-corrected chi connectivity index (χ0v) is 13.2. The highest BCUT2D eigenvalue weighted by atomic mass is 79.9. The van der Waals surface area contributed by atoms with E-state index in [-0.39, 0.29) is 5.41 Å². The number of hydrogen-bond acceptors (Lipinski definition) is 3. The van der Waals surface area contributed by atoms with E-state index in [1.165, 1.54) is 0 Å². The fourth-order valence-electron chi connectivity index (χ4n) is 1.06. The zero-order chi connectivity index (χ0) is 11.8. The Morgan fingerprint density at radius 2 is 1.87 bits per heavy atom. The number of aromatic nitrogens is 2. The molecule has 0 aliphatic carbocycles. The van der Waals surface area contributed by atoms with Gasteiger partial charge in [0.25, 0.3) is 0 Å². The third-order valence-corrected chi connectivity index (χ3v) is 4.07. The van der Waals surface area contributed by atoms with Gasteiger partial charge in [0.2, 0.25) is 0 Å². The van der Waals surface area contributed by atoms with Gasteiger partial charge in [-0.25, -0.2) is 4.98 Å². The molecule has 0 aromatic carbocycles. The molecule has 0 unspecified atom stereocenters. The van der Waals surface area contributed by atoms with Crippen molar-refractivity contribution in [2.75, 3.05) is 0 Å². The second-order valence-electron chi connectivity index (χ2n) is 3.97. The average molecular weight is 404 g/mol. The Balaban J connectivity index is 3.38. The molecular weight excluding hydrogens is 394 g/mol. The molecule has 1 aromatic heterocycles. The second-order valence-corrected chi connectivity index (χ2v) is 6.18. The normalized spacial score (nSPS) is 13.3. The zero-order valence-electron chi connectivity index (χ0n) is 8.42. The summed E-state index contributed by atoms with van der Waals surface area (Å²) in [6.07, 6.45) is 0. The summed E-state index contributed by atoms with van der Waals surface area (Å²) in [6, 6.07) is 0. The smallest absolute Gasteiger partial charge is 0.184 e. The van der Waals surface area contributed by atoms with Crippen molar-refractivity contribution in [2.45, 2.75) is 20.8 Å². The molecule has 0 aliphatic heterocycles. The van der Waals surface area contributed by atoms with E-state index in [0.29, 0.717) is 19.8 Å². The van der Waals surface area contributed by atoms with Gasteiger partial charge in [-0.15, -0.1) is 0 Å². The van der Waals surface area contributed by atoms with E-state index < -0.39 is 0 Å². The predicted octanol–water partition coefficient (Wildman–Crippen LogP) is 3.85. The molecule has 84 valence electrons. The van der Waals surface area contributed by atoms with Gasteiger partial charge in [-0.1, -0.05) is 25.9 Å². The molecule has 0 saturated carbocycles. The predicted molar refractivity (Wildman–Crippen MR) is 69.4 cm³/mol. The summed E-state index contributed by atoms with van der Waals surface area (Å²) in [4.78, 5) is 4.15. The summed E-state index contributed by atoms with van der Waals surface area (Å²) in [5.41, 5.74) is -0.292. The van der Waals surface area contributed by atoms with Gasteiger partial charge in [0.15, 0.2) is 10.6 Å². The van der Waals surface area contributed by atoms with Crippen LogP contribution < -0.4 is 0 Å². The van der Waals surface area contributed by atoms with E-state index in [0.717, 1.165) is 0 Å². The van der Waals surface area contributed by atoms with Crippen LogP contribution in [0.15, 0.2) is 19.1 Å². The Morgan fingerprint density at radius 1 is 1.33 bits per heavy atom. The molecule has 0 amide bonds. The van der Waals surface area contributed by atoms with E-state index in [1.54, 1.807) is 4.57 Å². The van der Waals surface area contributed by atoms with Crippen molar-refractivity contribution in [2.24, 2.45) is 10.6 Å². The lowest BCUT2D eigenvalue weighted by Gasteiger charge is -2.21. The maximum absolute atomic E-state index is 9.06. The molecular formula is C8H10Br3N3O. The van der Waals surface area contributed by atoms with Gasteiger partial charge in [-0.05, 0) is 47.8 Å². The minimum absolute atomic E-state index is 0.292. The molecule has 15 heavy (non-hydrogen) atoms. The summed E-state index contributed by atoms with van der Waals surface area (Å²) < 4.78 is 3.62. The summed E-state index contributed by atoms with van der Waals surface area (Å²) in [6.45, 7) is 5.86. The third-order valence-electron chi connectivity index (χ3n) is 1.72. The van der Waals surface area contributed by atoms with Crippen molar-refractivity contribution in [3.05, 3.63) is 13.9 Å². The Labute approximate surface area is 113 Å². The van der Waals surface area contributed by atoms with Crippen LogP contribution in [0.1, 0.15) is 20.8 Å². The first-order chi connectivity index (χ1) is 6.79. The number of rotatable bonds is 0. The van der Waals surface area contributed by atoms with Crippen LogP contribution in [0.3, 0.4) is 0 Å². The molecule has 1 aromatic rings. The van der Waals surface area contributed by atoms with Crippen molar-refractivity contribution in [1.29, 1.82) is 0 Å². The van der Waals surface area contributed by atoms with Crippen molar-refractivity contribution < 1.29 is 5.21 Å². The van der Waals surface area contributed by atoms with Crippen molar-refractivity contribution in [3.8, 4) is 0 Å². The molecule has 1 heterocycles. The summed E-state index contributed by atoms with van der Waals surface area (Å²) in [7, 11) is 0. The highest BCUT2D eigenvalue weighted by molar-refractivity contribution is 9.13. The fraction of sp³-hybridized carbons (Fsp3) is 0.500. The van der Waals surface area contributed by atoms with E-state index in [2.05, 4.69) is 57.9 Å². The van der Waals surface area contributed by atoms with Crippen molar-refractivity contribution in [3.63, 3.8) is 0 Å². The van der Waals surface area contributed by atoms with Crippen LogP contribution in [0.2, 0.25) is 0 Å². The van der Waals surface area contributed by atoms with Crippen molar-refractivity contribution >= 4 is 53.6 Å². The fourth-order valence-corrected chi connectivity index (χ4v) is 2.83. The number of halogens is 3. The standard InChI is InChI=1S/C8H10Br3N3O/c1-8(2,3)6(13-15)14-5(10)4(9)12-7(14)11/h15H,1-3H3. The lowest BCUT2D eigenvalue weighted by molar-refractivity contribution is 0.307. The van der Waals surface area contributed by atoms with Crippen LogP contribution in [-0.2, 0) is 0 Å². The quantitative estimate of drug-likeness (QED) is 0.309. The molecule has 0 spiro atoms. The van der Waals surface area contributed by atoms with Gasteiger partial charge in [-0.3, -0.25) is 4.57 Å². The van der Waals surface area contributed by atoms with E-state index >= 15 is 0 Å². The Hall–Kier alpha value is 0.120. The average Bonchev–Trinajstić information content (AvgIpc) is 2.30. The maximum atomic E-state index is 9.06. The molecule has 4 nitrogen and oxygen atoms in total. The highest BCUT2D eigenvalue weighted by Crippen LogP contribution is 2.30. The largest absolute Gasteiger partial charge is 0.409 e. The van der Waals surface area contributed by atoms with E-state index in [9.17, 15) is 0 Å². The van der Waals surface area contributed by atoms with Crippen molar-refractivity contribution in [1.82, 2.24) is 9.55 Å². The van der Waals surface area contributed by atoms with Gasteiger partial charge in [0.05, 0.1) is 0 Å². The molecule has 7 heteroatoms. The summed E-state index contributed by atoms with van der Waals surface area (Å²) in [5, 5.41) is 12.4. The lowest BCUT2D eigenvalue weighted by atomic mass is 9.95. The van der Waals surface area contributed by atoms with Crippen LogP contribution in [0.5, 0.6) is 0 Å². The topological polar surface area (TPSA) is 50.4 Å². The highest BCUT2D eigenvalue weighted by Gasteiger charge is 2.26. The summed E-state index contributed by atoms with van der Waals surface area (Å²) in [5.74, 6) is 0.499. The van der Waals surface area contributed by atoms with E-state index in [1.807, 2.05) is 20.8 Å². The summed E-state index contributed by atoms with van der Waals surface area (Å²) >= 11 is 9.95.